The average molecular weight is 350 g/mol. The van der Waals surface area contributed by atoms with Gasteiger partial charge in [-0.15, -0.1) is 0 Å². The molecule has 2 unspecified atom stereocenters. The average Bonchev–Trinajstić information content (AvgIpc) is 3.33. The van der Waals surface area contributed by atoms with E-state index < -0.39 is 6.10 Å². The maximum Gasteiger partial charge on any atom is 0.257 e. The second kappa shape index (κ2) is 8.49. The minimum Gasteiger partial charge on any atom is -0.472 e. The first-order chi connectivity index (χ1) is 12.1. The van der Waals surface area contributed by atoms with E-state index in [1.54, 1.807) is 17.9 Å². The van der Waals surface area contributed by atoms with E-state index in [1.165, 1.54) is 12.5 Å². The van der Waals surface area contributed by atoms with Gasteiger partial charge in [-0.05, 0) is 38.7 Å². The summed E-state index contributed by atoms with van der Waals surface area (Å²) in [6.07, 6.45) is 6.13. The monoisotopic (exact) mass is 350 g/mol. The molecule has 2 aliphatic rings. The number of hydrogen-bond donors (Lipinski definition) is 1. The standard InChI is InChI=1S/C18H26N2O5/c1-13(25-12-16-3-2-9-24-16)17(21)19-15-4-7-20(8-5-15)18(22)14-6-10-23-11-14/h6,10-11,13,15-16H,2-5,7-9,12H2,1H3,(H,19,21). The number of piperidine rings is 1. The Morgan fingerprint density at radius 1 is 1.36 bits per heavy atom. The zero-order chi connectivity index (χ0) is 17.6. The van der Waals surface area contributed by atoms with Crippen LogP contribution in [0.15, 0.2) is 23.0 Å². The van der Waals surface area contributed by atoms with Crippen LogP contribution in [-0.2, 0) is 14.3 Å². The highest BCUT2D eigenvalue weighted by molar-refractivity contribution is 5.93. The number of hydrogen-bond acceptors (Lipinski definition) is 5. The lowest BCUT2D eigenvalue weighted by Gasteiger charge is -2.32. The summed E-state index contributed by atoms with van der Waals surface area (Å²) in [5.74, 6) is -0.121. The van der Waals surface area contributed by atoms with Gasteiger partial charge in [0.1, 0.15) is 12.4 Å². The number of carbonyl (C=O) groups is 2. The SMILES string of the molecule is CC(OCC1CCCO1)C(=O)NC1CCN(C(=O)c2ccoc2)CC1. The minimum absolute atomic E-state index is 0.0215. The number of nitrogens with zero attached hydrogens (tertiary/aromatic N) is 1. The number of rotatable bonds is 6. The molecule has 0 radical (unpaired) electrons. The zero-order valence-corrected chi connectivity index (χ0v) is 14.6. The Hall–Kier alpha value is -1.86. The number of nitrogens with one attached hydrogen (secondary N) is 1. The topological polar surface area (TPSA) is 81.0 Å². The van der Waals surface area contributed by atoms with Crippen LogP contribution in [0.2, 0.25) is 0 Å². The van der Waals surface area contributed by atoms with Crippen LogP contribution in [0.3, 0.4) is 0 Å². The molecule has 0 bridgehead atoms. The van der Waals surface area contributed by atoms with Crippen molar-refractivity contribution in [1.29, 1.82) is 0 Å². The van der Waals surface area contributed by atoms with Gasteiger partial charge in [0, 0.05) is 25.7 Å². The van der Waals surface area contributed by atoms with Crippen LogP contribution >= 0.6 is 0 Å². The van der Waals surface area contributed by atoms with Crippen LogP contribution in [0.4, 0.5) is 0 Å². The first-order valence-corrected chi connectivity index (χ1v) is 8.98. The number of ether oxygens (including phenoxy) is 2. The molecule has 3 heterocycles. The van der Waals surface area contributed by atoms with Crippen molar-refractivity contribution in [2.24, 2.45) is 0 Å². The summed E-state index contributed by atoms with van der Waals surface area (Å²) >= 11 is 0. The third kappa shape index (κ3) is 4.83. The lowest BCUT2D eigenvalue weighted by Crippen LogP contribution is -2.49. The number of likely N-dealkylation sites (tertiary alicyclic amines) is 1. The van der Waals surface area contributed by atoms with Crippen molar-refractivity contribution in [2.45, 2.75) is 50.9 Å². The largest absolute Gasteiger partial charge is 0.472 e. The smallest absolute Gasteiger partial charge is 0.257 e. The highest BCUT2D eigenvalue weighted by Crippen LogP contribution is 2.15. The van der Waals surface area contributed by atoms with Gasteiger partial charge in [0.25, 0.3) is 5.91 Å². The number of amides is 2. The van der Waals surface area contributed by atoms with Crippen molar-refractivity contribution < 1.29 is 23.5 Å². The van der Waals surface area contributed by atoms with E-state index in [9.17, 15) is 9.59 Å². The first-order valence-electron chi connectivity index (χ1n) is 8.98. The van der Waals surface area contributed by atoms with E-state index >= 15 is 0 Å². The third-order valence-corrected chi connectivity index (χ3v) is 4.82. The van der Waals surface area contributed by atoms with Gasteiger partial charge in [-0.1, -0.05) is 0 Å². The molecular weight excluding hydrogens is 324 g/mol. The quantitative estimate of drug-likeness (QED) is 0.842. The maximum atomic E-state index is 12.3. The van der Waals surface area contributed by atoms with Crippen LogP contribution in [0.1, 0.15) is 43.0 Å². The lowest BCUT2D eigenvalue weighted by molar-refractivity contribution is -0.134. The van der Waals surface area contributed by atoms with Crippen LogP contribution in [-0.4, -0.2) is 61.3 Å². The van der Waals surface area contributed by atoms with Gasteiger partial charge >= 0.3 is 0 Å². The molecule has 2 amide bonds. The van der Waals surface area contributed by atoms with Crippen molar-refractivity contribution in [2.75, 3.05) is 26.3 Å². The highest BCUT2D eigenvalue weighted by Gasteiger charge is 2.27. The van der Waals surface area contributed by atoms with Crippen molar-refractivity contribution in [3.8, 4) is 0 Å². The minimum atomic E-state index is -0.491. The van der Waals surface area contributed by atoms with Crippen molar-refractivity contribution in [3.05, 3.63) is 24.2 Å². The van der Waals surface area contributed by atoms with Gasteiger partial charge in [-0.2, -0.15) is 0 Å². The second-order valence-corrected chi connectivity index (χ2v) is 6.70. The maximum absolute atomic E-state index is 12.3. The van der Waals surface area contributed by atoms with E-state index in [-0.39, 0.29) is 24.0 Å². The predicted molar refractivity (Wildman–Crippen MR) is 90.2 cm³/mol. The molecule has 1 aromatic rings. The Labute approximate surface area is 147 Å². The molecule has 2 fully saturated rings. The Kier molecular flexibility index (Phi) is 6.09. The van der Waals surface area contributed by atoms with Crippen LogP contribution in [0, 0.1) is 0 Å². The van der Waals surface area contributed by atoms with Crippen molar-refractivity contribution in [1.82, 2.24) is 10.2 Å². The Bertz CT molecular complexity index is 560. The van der Waals surface area contributed by atoms with E-state index in [0.29, 0.717) is 25.3 Å². The molecule has 1 N–H and O–H groups in total. The van der Waals surface area contributed by atoms with Gasteiger partial charge in [-0.25, -0.2) is 0 Å². The number of carbonyl (C=O) groups excluding carboxylic acids is 2. The highest BCUT2D eigenvalue weighted by atomic mass is 16.5. The van der Waals surface area contributed by atoms with Gasteiger partial charge < -0.3 is 24.1 Å². The van der Waals surface area contributed by atoms with E-state index in [2.05, 4.69) is 5.32 Å². The third-order valence-electron chi connectivity index (χ3n) is 4.82. The molecule has 0 spiro atoms. The van der Waals surface area contributed by atoms with E-state index in [4.69, 9.17) is 13.9 Å². The van der Waals surface area contributed by atoms with Crippen molar-refractivity contribution in [3.63, 3.8) is 0 Å². The summed E-state index contributed by atoms with van der Waals surface area (Å²) in [6.45, 7) is 4.26. The normalized spacial score (nSPS) is 22.8. The molecule has 1 aromatic heterocycles. The molecule has 7 heteroatoms. The van der Waals surface area contributed by atoms with Gasteiger partial charge in [0.05, 0.1) is 24.5 Å². The first kappa shape index (κ1) is 17.9. The zero-order valence-electron chi connectivity index (χ0n) is 14.6. The molecule has 0 saturated carbocycles. The summed E-state index contributed by atoms with van der Waals surface area (Å²) in [4.78, 5) is 26.3. The molecule has 2 saturated heterocycles. The molecule has 0 aromatic carbocycles. The lowest BCUT2D eigenvalue weighted by atomic mass is 10.0. The van der Waals surface area contributed by atoms with Crippen molar-refractivity contribution >= 4 is 11.8 Å². The molecule has 2 atom stereocenters. The number of furan rings is 1. The summed E-state index contributed by atoms with van der Waals surface area (Å²) in [6, 6.07) is 1.75. The summed E-state index contributed by atoms with van der Waals surface area (Å²) < 4.78 is 16.1. The fraction of sp³-hybridized carbons (Fsp3) is 0.667. The Morgan fingerprint density at radius 3 is 2.80 bits per heavy atom. The summed E-state index contributed by atoms with van der Waals surface area (Å²) in [7, 11) is 0. The molecular formula is C18H26N2O5. The fourth-order valence-corrected chi connectivity index (χ4v) is 3.22. The van der Waals surface area contributed by atoms with E-state index in [1.807, 2.05) is 0 Å². The van der Waals surface area contributed by atoms with Gasteiger partial charge in [-0.3, -0.25) is 9.59 Å². The Balaban J connectivity index is 1.37. The molecule has 0 aliphatic carbocycles. The summed E-state index contributed by atoms with van der Waals surface area (Å²) in [5, 5.41) is 3.03. The van der Waals surface area contributed by atoms with Crippen LogP contribution in [0.5, 0.6) is 0 Å². The summed E-state index contributed by atoms with van der Waals surface area (Å²) in [5.41, 5.74) is 0.568. The molecule has 2 aliphatic heterocycles. The molecule has 3 rings (SSSR count). The second-order valence-electron chi connectivity index (χ2n) is 6.70. The predicted octanol–water partition coefficient (Wildman–Crippen LogP) is 1.58. The van der Waals surface area contributed by atoms with Crippen LogP contribution < -0.4 is 5.32 Å². The molecule has 25 heavy (non-hydrogen) atoms. The fourth-order valence-electron chi connectivity index (χ4n) is 3.22. The Morgan fingerprint density at radius 2 is 2.16 bits per heavy atom. The molecule has 7 nitrogen and oxygen atoms in total. The van der Waals surface area contributed by atoms with Crippen LogP contribution in [0.25, 0.3) is 0 Å². The van der Waals surface area contributed by atoms with E-state index in [0.717, 1.165) is 32.3 Å². The van der Waals surface area contributed by atoms with Gasteiger partial charge in [0.2, 0.25) is 5.91 Å². The van der Waals surface area contributed by atoms with Gasteiger partial charge in [0.15, 0.2) is 0 Å². The molecule has 138 valence electrons.